The molecule has 0 saturated carbocycles. The van der Waals surface area contributed by atoms with E-state index >= 15 is 0 Å². The lowest BCUT2D eigenvalue weighted by atomic mass is 10.1. The van der Waals surface area contributed by atoms with Gasteiger partial charge in [-0.15, -0.1) is 0 Å². The second-order valence-electron chi connectivity index (χ2n) is 8.87. The zero-order valence-corrected chi connectivity index (χ0v) is 20.3. The number of aryl methyl sites for hydroxylation is 1. The summed E-state index contributed by atoms with van der Waals surface area (Å²) in [5.74, 6) is 0.840. The zero-order chi connectivity index (χ0) is 25.8. The number of amides is 1. The van der Waals surface area contributed by atoms with Crippen molar-refractivity contribution in [1.82, 2.24) is 9.97 Å². The summed E-state index contributed by atoms with van der Waals surface area (Å²) in [6.07, 6.45) is 2.01. The van der Waals surface area contributed by atoms with Crippen molar-refractivity contribution in [3.63, 3.8) is 0 Å². The van der Waals surface area contributed by atoms with E-state index in [0.717, 1.165) is 42.9 Å². The molecule has 186 valence electrons. The molecule has 0 radical (unpaired) electrons. The van der Waals surface area contributed by atoms with Crippen LogP contribution in [0.1, 0.15) is 29.0 Å². The number of nitrogens with one attached hydrogen (secondary N) is 2. The Morgan fingerprint density at radius 3 is 2.43 bits per heavy atom. The second kappa shape index (κ2) is 10.4. The van der Waals surface area contributed by atoms with Gasteiger partial charge in [-0.25, -0.2) is 9.97 Å². The lowest BCUT2D eigenvalue weighted by molar-refractivity contribution is -0.384. The third kappa shape index (κ3) is 5.56. The van der Waals surface area contributed by atoms with E-state index in [1.807, 2.05) is 60.4 Å². The van der Waals surface area contributed by atoms with Crippen molar-refractivity contribution in [2.75, 3.05) is 28.6 Å². The van der Waals surface area contributed by atoms with Gasteiger partial charge in [-0.1, -0.05) is 36.4 Å². The van der Waals surface area contributed by atoms with Crippen LogP contribution in [0.2, 0.25) is 0 Å². The smallest absolute Gasteiger partial charge is 0.293 e. The Morgan fingerprint density at radius 2 is 1.68 bits per heavy atom. The van der Waals surface area contributed by atoms with Crippen LogP contribution in [-0.4, -0.2) is 33.9 Å². The third-order valence-electron chi connectivity index (χ3n) is 6.18. The van der Waals surface area contributed by atoms with Crippen molar-refractivity contribution >= 4 is 34.5 Å². The predicted molar refractivity (Wildman–Crippen MR) is 144 cm³/mol. The molecule has 3 aromatic carbocycles. The maximum atomic E-state index is 12.9. The SMILES string of the molecule is Cc1nc(Nc2cccc(NC(=O)c3ccc(N4CCCC4)c([N+](=O)[O-])c3)c2)cc(-c2ccccc2)n1. The minimum Gasteiger partial charge on any atom is -0.366 e. The molecule has 5 rings (SSSR count). The van der Waals surface area contributed by atoms with E-state index < -0.39 is 10.8 Å². The van der Waals surface area contributed by atoms with Crippen LogP contribution in [0.3, 0.4) is 0 Å². The zero-order valence-electron chi connectivity index (χ0n) is 20.3. The molecule has 0 bridgehead atoms. The summed E-state index contributed by atoms with van der Waals surface area (Å²) in [5.41, 5.74) is 3.80. The number of nitrogens with zero attached hydrogens (tertiary/aromatic N) is 4. The molecule has 1 aromatic heterocycles. The van der Waals surface area contributed by atoms with Crippen LogP contribution in [0.5, 0.6) is 0 Å². The van der Waals surface area contributed by atoms with Crippen molar-refractivity contribution < 1.29 is 9.72 Å². The Bertz CT molecular complexity index is 1450. The number of carbonyl (C=O) groups excluding carboxylic acids is 1. The normalized spacial score (nSPS) is 12.8. The number of aromatic nitrogens is 2. The van der Waals surface area contributed by atoms with Gasteiger partial charge in [0.1, 0.15) is 17.3 Å². The molecule has 0 aliphatic carbocycles. The molecule has 37 heavy (non-hydrogen) atoms. The van der Waals surface area contributed by atoms with Crippen LogP contribution in [0.15, 0.2) is 78.9 Å². The van der Waals surface area contributed by atoms with E-state index in [1.165, 1.54) is 6.07 Å². The summed E-state index contributed by atoms with van der Waals surface area (Å²) >= 11 is 0. The lowest BCUT2D eigenvalue weighted by Crippen LogP contribution is -2.19. The molecule has 1 aliphatic rings. The van der Waals surface area contributed by atoms with E-state index in [1.54, 1.807) is 24.3 Å². The third-order valence-corrected chi connectivity index (χ3v) is 6.18. The first-order chi connectivity index (χ1) is 18.0. The molecule has 9 heteroatoms. The van der Waals surface area contributed by atoms with Gasteiger partial charge < -0.3 is 15.5 Å². The summed E-state index contributed by atoms with van der Waals surface area (Å²) in [7, 11) is 0. The predicted octanol–water partition coefficient (Wildman–Crippen LogP) is 5.96. The molecule has 1 amide bonds. The summed E-state index contributed by atoms with van der Waals surface area (Å²) in [6, 6.07) is 23.6. The first kappa shape index (κ1) is 23.9. The van der Waals surface area contributed by atoms with E-state index in [4.69, 9.17) is 0 Å². The lowest BCUT2D eigenvalue weighted by Gasteiger charge is -2.18. The quantitative estimate of drug-likeness (QED) is 0.241. The van der Waals surface area contributed by atoms with Gasteiger partial charge >= 0.3 is 0 Å². The largest absolute Gasteiger partial charge is 0.366 e. The molecule has 0 unspecified atom stereocenters. The minimum absolute atomic E-state index is 0.0571. The van der Waals surface area contributed by atoms with Crippen LogP contribution in [-0.2, 0) is 0 Å². The van der Waals surface area contributed by atoms with Crippen LogP contribution < -0.4 is 15.5 Å². The van der Waals surface area contributed by atoms with Gasteiger partial charge in [0.05, 0.1) is 10.6 Å². The fourth-order valence-corrected chi connectivity index (χ4v) is 4.45. The van der Waals surface area contributed by atoms with Crippen molar-refractivity contribution in [3.05, 3.63) is 100 Å². The molecule has 1 fully saturated rings. The number of anilines is 4. The molecule has 1 saturated heterocycles. The van der Waals surface area contributed by atoms with E-state index in [9.17, 15) is 14.9 Å². The Morgan fingerprint density at radius 1 is 0.919 bits per heavy atom. The standard InChI is InChI=1S/C28H26N6O3/c1-19-29-24(20-8-3-2-4-9-20)18-27(30-19)31-22-10-7-11-23(17-22)32-28(35)21-12-13-25(26(16-21)34(36)37)33-14-5-6-15-33/h2-4,7-13,16-18H,5-6,14-15H2,1H3,(H,32,35)(H,29,30,31). The number of hydrogen-bond donors (Lipinski definition) is 2. The molecule has 4 aromatic rings. The fraction of sp³-hybridized carbons (Fsp3) is 0.179. The molecule has 9 nitrogen and oxygen atoms in total. The van der Waals surface area contributed by atoms with Crippen LogP contribution in [0.25, 0.3) is 11.3 Å². The first-order valence-corrected chi connectivity index (χ1v) is 12.1. The first-order valence-electron chi connectivity index (χ1n) is 12.1. The molecule has 1 aliphatic heterocycles. The molecule has 0 spiro atoms. The highest BCUT2D eigenvalue weighted by Crippen LogP contribution is 2.32. The summed E-state index contributed by atoms with van der Waals surface area (Å²) < 4.78 is 0. The number of carbonyl (C=O) groups is 1. The summed E-state index contributed by atoms with van der Waals surface area (Å²) in [5, 5.41) is 17.8. The molecular weight excluding hydrogens is 468 g/mol. The fourth-order valence-electron chi connectivity index (χ4n) is 4.45. The van der Waals surface area contributed by atoms with Gasteiger partial charge in [-0.05, 0) is 50.1 Å². The van der Waals surface area contributed by atoms with Crippen LogP contribution >= 0.6 is 0 Å². The van der Waals surface area contributed by atoms with Gasteiger partial charge in [0, 0.05) is 47.7 Å². The van der Waals surface area contributed by atoms with Crippen LogP contribution in [0, 0.1) is 17.0 Å². The monoisotopic (exact) mass is 494 g/mol. The molecule has 0 atom stereocenters. The maximum absolute atomic E-state index is 12.9. The van der Waals surface area contributed by atoms with Gasteiger partial charge in [0.15, 0.2) is 0 Å². The Hall–Kier alpha value is -4.79. The molecular formula is C28H26N6O3. The number of nitro groups is 1. The minimum atomic E-state index is -0.428. The number of benzene rings is 3. The number of rotatable bonds is 7. The van der Waals surface area contributed by atoms with Crippen molar-refractivity contribution in [1.29, 1.82) is 0 Å². The topological polar surface area (TPSA) is 113 Å². The van der Waals surface area contributed by atoms with Gasteiger partial charge in [0.2, 0.25) is 0 Å². The van der Waals surface area contributed by atoms with E-state index in [0.29, 0.717) is 23.0 Å². The Labute approximate surface area is 214 Å². The highest BCUT2D eigenvalue weighted by Gasteiger charge is 2.24. The highest BCUT2D eigenvalue weighted by molar-refractivity contribution is 6.05. The molecule has 2 N–H and O–H groups in total. The average Bonchev–Trinajstić information content (AvgIpc) is 3.44. The van der Waals surface area contributed by atoms with Crippen molar-refractivity contribution in [3.8, 4) is 11.3 Å². The van der Waals surface area contributed by atoms with Crippen LogP contribution in [0.4, 0.5) is 28.6 Å². The Balaban J connectivity index is 1.33. The summed E-state index contributed by atoms with van der Waals surface area (Å²) in [4.78, 5) is 35.2. The van der Waals surface area contributed by atoms with E-state index in [2.05, 4.69) is 20.6 Å². The van der Waals surface area contributed by atoms with Crippen molar-refractivity contribution in [2.45, 2.75) is 19.8 Å². The van der Waals surface area contributed by atoms with Gasteiger partial charge in [-0.3, -0.25) is 14.9 Å². The van der Waals surface area contributed by atoms with E-state index in [-0.39, 0.29) is 11.3 Å². The summed E-state index contributed by atoms with van der Waals surface area (Å²) in [6.45, 7) is 3.40. The Kier molecular flexibility index (Phi) is 6.76. The highest BCUT2D eigenvalue weighted by atomic mass is 16.6. The number of nitro benzene ring substituents is 1. The second-order valence-corrected chi connectivity index (χ2v) is 8.87. The van der Waals surface area contributed by atoms with Gasteiger partial charge in [0.25, 0.3) is 11.6 Å². The van der Waals surface area contributed by atoms with Gasteiger partial charge in [-0.2, -0.15) is 0 Å². The average molecular weight is 495 g/mol. The molecule has 2 heterocycles. The van der Waals surface area contributed by atoms with Crippen molar-refractivity contribution in [2.24, 2.45) is 0 Å². The number of hydrogen-bond acceptors (Lipinski definition) is 7. The maximum Gasteiger partial charge on any atom is 0.293 e.